The highest BCUT2D eigenvalue weighted by Gasteiger charge is 2.11. The van der Waals surface area contributed by atoms with Crippen molar-refractivity contribution in [1.82, 2.24) is 14.8 Å². The highest BCUT2D eigenvalue weighted by molar-refractivity contribution is 5.99. The monoisotopic (exact) mass is 260 g/mol. The summed E-state index contributed by atoms with van der Waals surface area (Å²) in [5, 5.41) is 7.25. The van der Waals surface area contributed by atoms with Gasteiger partial charge in [0.05, 0.1) is 29.3 Å². The number of nitrogens with two attached hydrogens (primary N) is 2. The number of nitrogen functional groups attached to an aromatic ring is 1. The van der Waals surface area contributed by atoms with Gasteiger partial charge in [-0.1, -0.05) is 0 Å². The van der Waals surface area contributed by atoms with E-state index in [4.69, 9.17) is 11.5 Å². The fourth-order valence-electron chi connectivity index (χ4n) is 1.62. The third-order valence-corrected chi connectivity index (χ3v) is 2.60. The van der Waals surface area contributed by atoms with Gasteiger partial charge in [0.1, 0.15) is 5.82 Å². The van der Waals surface area contributed by atoms with Crippen molar-refractivity contribution >= 4 is 23.1 Å². The number of nitrogens with one attached hydrogen (secondary N) is 1. The first-order valence-corrected chi connectivity index (χ1v) is 5.84. The van der Waals surface area contributed by atoms with Crippen LogP contribution >= 0.6 is 0 Å². The van der Waals surface area contributed by atoms with E-state index in [1.165, 1.54) is 12.3 Å². The molecule has 0 aliphatic heterocycles. The van der Waals surface area contributed by atoms with E-state index in [9.17, 15) is 4.79 Å². The summed E-state index contributed by atoms with van der Waals surface area (Å²) in [5.74, 6) is -0.315. The Morgan fingerprint density at radius 3 is 2.74 bits per heavy atom. The van der Waals surface area contributed by atoms with Gasteiger partial charge < -0.3 is 16.8 Å². The molecule has 0 saturated heterocycles. The molecule has 0 unspecified atom stereocenters. The fraction of sp³-hybridized carbons (Fsp3) is 0.250. The number of primary amides is 1. The van der Waals surface area contributed by atoms with E-state index in [-0.39, 0.29) is 11.9 Å². The van der Waals surface area contributed by atoms with E-state index in [1.54, 1.807) is 10.9 Å². The molecule has 100 valence electrons. The lowest BCUT2D eigenvalue weighted by atomic mass is 10.2. The van der Waals surface area contributed by atoms with Crippen molar-refractivity contribution in [3.63, 3.8) is 0 Å². The van der Waals surface area contributed by atoms with E-state index in [0.717, 1.165) is 5.69 Å². The maximum absolute atomic E-state index is 11.4. The highest BCUT2D eigenvalue weighted by atomic mass is 16.1. The third kappa shape index (κ3) is 2.82. The highest BCUT2D eigenvalue weighted by Crippen LogP contribution is 2.21. The summed E-state index contributed by atoms with van der Waals surface area (Å²) < 4.78 is 1.80. The second-order valence-corrected chi connectivity index (χ2v) is 4.45. The van der Waals surface area contributed by atoms with Gasteiger partial charge in [0.25, 0.3) is 5.91 Å². The van der Waals surface area contributed by atoms with Crippen LogP contribution in [0.15, 0.2) is 24.7 Å². The summed E-state index contributed by atoms with van der Waals surface area (Å²) in [6.07, 6.45) is 4.98. The van der Waals surface area contributed by atoms with E-state index in [1.807, 2.05) is 20.0 Å². The van der Waals surface area contributed by atoms with E-state index in [0.29, 0.717) is 11.3 Å². The SMILES string of the molecule is CC(C)n1cc(Nc2cnc(N)cc2C(N)=O)cn1. The predicted molar refractivity (Wildman–Crippen MR) is 73.1 cm³/mol. The average Bonchev–Trinajstić information content (AvgIpc) is 2.80. The molecule has 0 radical (unpaired) electrons. The number of carbonyl (C=O) groups excluding carboxylic acids is 1. The Bertz CT molecular complexity index is 604. The van der Waals surface area contributed by atoms with E-state index >= 15 is 0 Å². The number of carbonyl (C=O) groups is 1. The van der Waals surface area contributed by atoms with Gasteiger partial charge in [-0.05, 0) is 19.9 Å². The standard InChI is InChI=1S/C12H16N6O/c1-7(2)18-6-8(4-16-18)17-10-5-15-11(13)3-9(10)12(14)19/h3-7,17H,1-2H3,(H2,13,15)(H2,14,19). The normalized spacial score (nSPS) is 10.7. The van der Waals surface area contributed by atoms with Crippen LogP contribution in [0.25, 0.3) is 0 Å². The minimum Gasteiger partial charge on any atom is -0.384 e. The summed E-state index contributed by atoms with van der Waals surface area (Å²) >= 11 is 0. The Kier molecular flexibility index (Phi) is 3.37. The predicted octanol–water partition coefficient (Wildman–Crippen LogP) is 1.28. The van der Waals surface area contributed by atoms with Crippen molar-refractivity contribution in [3.05, 3.63) is 30.2 Å². The minimum atomic E-state index is -0.562. The van der Waals surface area contributed by atoms with Crippen LogP contribution in [0.4, 0.5) is 17.2 Å². The van der Waals surface area contributed by atoms with Gasteiger partial charge in [0.2, 0.25) is 0 Å². The zero-order chi connectivity index (χ0) is 14.0. The molecule has 0 spiro atoms. The fourth-order valence-corrected chi connectivity index (χ4v) is 1.62. The van der Waals surface area contributed by atoms with Crippen molar-refractivity contribution in [1.29, 1.82) is 0 Å². The molecule has 2 aromatic rings. The molecule has 7 heteroatoms. The van der Waals surface area contributed by atoms with Crippen LogP contribution in [-0.4, -0.2) is 20.7 Å². The molecule has 19 heavy (non-hydrogen) atoms. The molecule has 0 aliphatic rings. The van der Waals surface area contributed by atoms with Gasteiger partial charge in [-0.15, -0.1) is 0 Å². The van der Waals surface area contributed by atoms with Gasteiger partial charge in [0.15, 0.2) is 0 Å². The summed E-state index contributed by atoms with van der Waals surface area (Å²) in [5.41, 5.74) is 12.4. The smallest absolute Gasteiger partial charge is 0.251 e. The summed E-state index contributed by atoms with van der Waals surface area (Å²) in [7, 11) is 0. The Labute approximate surface area is 110 Å². The van der Waals surface area contributed by atoms with Crippen LogP contribution in [0.5, 0.6) is 0 Å². The van der Waals surface area contributed by atoms with Gasteiger partial charge in [0, 0.05) is 12.2 Å². The van der Waals surface area contributed by atoms with Crippen molar-refractivity contribution in [2.45, 2.75) is 19.9 Å². The first-order valence-electron chi connectivity index (χ1n) is 5.84. The average molecular weight is 260 g/mol. The van der Waals surface area contributed by atoms with Crippen molar-refractivity contribution in [2.75, 3.05) is 11.1 Å². The molecule has 0 atom stereocenters. The van der Waals surface area contributed by atoms with Crippen LogP contribution < -0.4 is 16.8 Å². The number of pyridine rings is 1. The molecule has 0 aromatic carbocycles. The van der Waals surface area contributed by atoms with E-state index in [2.05, 4.69) is 15.4 Å². The molecule has 0 saturated carbocycles. The number of hydrogen-bond donors (Lipinski definition) is 3. The lowest BCUT2D eigenvalue weighted by Gasteiger charge is -2.08. The topological polar surface area (TPSA) is 112 Å². The number of rotatable bonds is 4. The molecule has 0 fully saturated rings. The van der Waals surface area contributed by atoms with Gasteiger partial charge in [-0.3, -0.25) is 9.48 Å². The Hall–Kier alpha value is -2.57. The Morgan fingerprint density at radius 2 is 2.16 bits per heavy atom. The zero-order valence-corrected chi connectivity index (χ0v) is 10.8. The molecule has 1 amide bonds. The number of anilines is 3. The Balaban J connectivity index is 2.29. The van der Waals surface area contributed by atoms with Crippen LogP contribution in [-0.2, 0) is 0 Å². The lowest BCUT2D eigenvalue weighted by molar-refractivity contribution is 0.100. The molecular weight excluding hydrogens is 244 g/mol. The molecule has 7 nitrogen and oxygen atoms in total. The van der Waals surface area contributed by atoms with Gasteiger partial charge in [-0.2, -0.15) is 5.10 Å². The molecule has 5 N–H and O–H groups in total. The molecule has 2 rings (SSSR count). The molecule has 2 aromatic heterocycles. The Morgan fingerprint density at radius 1 is 1.42 bits per heavy atom. The van der Waals surface area contributed by atoms with Crippen LogP contribution in [0.1, 0.15) is 30.2 Å². The molecule has 2 heterocycles. The summed E-state index contributed by atoms with van der Waals surface area (Å²) in [4.78, 5) is 15.3. The quantitative estimate of drug-likeness (QED) is 0.766. The second kappa shape index (κ2) is 4.97. The molecular formula is C12H16N6O. The molecule has 0 aliphatic carbocycles. The zero-order valence-electron chi connectivity index (χ0n) is 10.8. The number of hydrogen-bond acceptors (Lipinski definition) is 5. The largest absolute Gasteiger partial charge is 0.384 e. The third-order valence-electron chi connectivity index (χ3n) is 2.60. The van der Waals surface area contributed by atoms with Crippen molar-refractivity contribution in [3.8, 4) is 0 Å². The van der Waals surface area contributed by atoms with E-state index < -0.39 is 5.91 Å². The van der Waals surface area contributed by atoms with Gasteiger partial charge in [-0.25, -0.2) is 4.98 Å². The van der Waals surface area contributed by atoms with Crippen LogP contribution in [0.3, 0.4) is 0 Å². The van der Waals surface area contributed by atoms with Gasteiger partial charge >= 0.3 is 0 Å². The maximum Gasteiger partial charge on any atom is 0.251 e. The number of aromatic nitrogens is 3. The lowest BCUT2D eigenvalue weighted by Crippen LogP contribution is -2.14. The maximum atomic E-state index is 11.4. The number of nitrogens with zero attached hydrogens (tertiary/aromatic N) is 3. The van der Waals surface area contributed by atoms with Crippen LogP contribution in [0.2, 0.25) is 0 Å². The second-order valence-electron chi connectivity index (χ2n) is 4.45. The minimum absolute atomic E-state index is 0.247. The summed E-state index contributed by atoms with van der Waals surface area (Å²) in [6, 6.07) is 1.70. The summed E-state index contributed by atoms with van der Waals surface area (Å²) in [6.45, 7) is 4.05. The number of amides is 1. The van der Waals surface area contributed by atoms with Crippen LogP contribution in [0, 0.1) is 0 Å². The van der Waals surface area contributed by atoms with Crippen molar-refractivity contribution in [2.24, 2.45) is 5.73 Å². The first-order chi connectivity index (χ1) is 8.97. The van der Waals surface area contributed by atoms with Crippen molar-refractivity contribution < 1.29 is 4.79 Å². The first kappa shape index (κ1) is 12.9. The molecule has 0 bridgehead atoms.